The molecule has 3 N–H and O–H groups in total. The predicted octanol–water partition coefficient (Wildman–Crippen LogP) is 2.44. The van der Waals surface area contributed by atoms with Crippen LogP contribution in [0.2, 0.25) is 0 Å². The number of amides is 1. The van der Waals surface area contributed by atoms with Gasteiger partial charge in [0, 0.05) is 5.56 Å². The minimum atomic E-state index is -0.240. The highest BCUT2D eigenvalue weighted by Crippen LogP contribution is 2.38. The molecule has 0 saturated carbocycles. The lowest BCUT2D eigenvalue weighted by atomic mass is 9.93. The quantitative estimate of drug-likeness (QED) is 0.520. The first-order valence-corrected chi connectivity index (χ1v) is 7.57. The molecule has 2 aromatic carbocycles. The molecule has 0 aliphatic carbocycles. The number of hydrazine groups is 1. The Kier molecular flexibility index (Phi) is 4.12. The predicted molar refractivity (Wildman–Crippen MR) is 91.3 cm³/mol. The summed E-state index contributed by atoms with van der Waals surface area (Å²) >= 11 is 0. The van der Waals surface area contributed by atoms with Gasteiger partial charge in [-0.25, -0.2) is 10.8 Å². The van der Waals surface area contributed by atoms with Crippen molar-refractivity contribution in [2.75, 3.05) is 6.54 Å². The molecule has 0 aromatic heterocycles. The highest BCUT2D eigenvalue weighted by atomic mass is 16.2. The van der Waals surface area contributed by atoms with Crippen LogP contribution >= 0.6 is 0 Å². The van der Waals surface area contributed by atoms with Gasteiger partial charge in [-0.2, -0.15) is 0 Å². The van der Waals surface area contributed by atoms with Crippen molar-refractivity contribution in [2.24, 2.45) is 10.8 Å². The number of nitrogens with two attached hydrogens (primary N) is 1. The zero-order valence-electron chi connectivity index (χ0n) is 13.3. The minimum absolute atomic E-state index is 0.0541. The van der Waals surface area contributed by atoms with Crippen LogP contribution in [0, 0.1) is 6.92 Å². The van der Waals surface area contributed by atoms with Crippen LogP contribution in [0.3, 0.4) is 0 Å². The number of rotatable bonds is 3. The molecule has 5 heteroatoms. The van der Waals surface area contributed by atoms with E-state index >= 15 is 0 Å². The van der Waals surface area contributed by atoms with Crippen LogP contribution in [0.25, 0.3) is 0 Å². The normalized spacial score (nSPS) is 16.6. The number of aryl methyl sites for hydroxylation is 1. The number of nitrogens with zero attached hydrogens (tertiary/aromatic N) is 2. The summed E-state index contributed by atoms with van der Waals surface area (Å²) in [5.74, 6) is 5.83. The number of hydrogen-bond donors (Lipinski definition) is 2. The average Bonchev–Trinajstić information content (AvgIpc) is 2.56. The van der Waals surface area contributed by atoms with Crippen LogP contribution in [0.5, 0.6) is 0 Å². The van der Waals surface area contributed by atoms with E-state index in [-0.39, 0.29) is 18.5 Å². The van der Waals surface area contributed by atoms with E-state index < -0.39 is 0 Å². The Morgan fingerprint density at radius 2 is 1.87 bits per heavy atom. The Morgan fingerprint density at radius 1 is 1.17 bits per heavy atom. The third kappa shape index (κ3) is 2.96. The second-order valence-corrected chi connectivity index (χ2v) is 5.73. The van der Waals surface area contributed by atoms with Gasteiger partial charge in [0.2, 0.25) is 0 Å². The highest BCUT2D eigenvalue weighted by Gasteiger charge is 2.30. The molecule has 1 aliphatic rings. The smallest absolute Gasteiger partial charge is 0.253 e. The van der Waals surface area contributed by atoms with Gasteiger partial charge in [0.1, 0.15) is 12.4 Å². The molecule has 23 heavy (non-hydrogen) atoms. The van der Waals surface area contributed by atoms with Crippen LogP contribution in [0.4, 0.5) is 5.69 Å². The van der Waals surface area contributed by atoms with Crippen LogP contribution in [-0.4, -0.2) is 23.2 Å². The van der Waals surface area contributed by atoms with Gasteiger partial charge >= 0.3 is 0 Å². The topological polar surface area (TPSA) is 70.7 Å². The standard InChI is InChI=1S/C18H20N4O/c1-12-7-9-14(10-8-12)18-15-5-3-4-6-16(15)20-13(2)22(18)11-17(23)21-19/h3-10,18H,11,19H2,1-2H3,(H,21,23)/t18-/m0/s1. The molecule has 1 amide bonds. The molecule has 1 aliphatic heterocycles. The monoisotopic (exact) mass is 308 g/mol. The lowest BCUT2D eigenvalue weighted by molar-refractivity contribution is -0.121. The maximum Gasteiger partial charge on any atom is 0.253 e. The van der Waals surface area contributed by atoms with Gasteiger partial charge in [-0.3, -0.25) is 10.2 Å². The fraction of sp³-hybridized carbons (Fsp3) is 0.222. The molecule has 0 radical (unpaired) electrons. The maximum absolute atomic E-state index is 11.8. The van der Waals surface area contributed by atoms with Gasteiger partial charge in [-0.1, -0.05) is 48.0 Å². The van der Waals surface area contributed by atoms with Crippen molar-refractivity contribution >= 4 is 17.4 Å². The number of carbonyl (C=O) groups is 1. The van der Waals surface area contributed by atoms with Gasteiger partial charge in [-0.05, 0) is 25.5 Å². The summed E-state index contributed by atoms with van der Waals surface area (Å²) in [6.07, 6.45) is 0. The van der Waals surface area contributed by atoms with Crippen LogP contribution < -0.4 is 11.3 Å². The van der Waals surface area contributed by atoms with Crippen LogP contribution in [0.15, 0.2) is 53.5 Å². The molecule has 0 unspecified atom stereocenters. The molecule has 0 fully saturated rings. The summed E-state index contributed by atoms with van der Waals surface area (Å²) in [7, 11) is 0. The van der Waals surface area contributed by atoms with Crippen molar-refractivity contribution in [1.29, 1.82) is 0 Å². The average molecular weight is 308 g/mol. The molecule has 3 rings (SSSR count). The number of fused-ring (bicyclic) bond motifs is 1. The second kappa shape index (κ2) is 6.22. The molecule has 1 atom stereocenters. The van der Waals surface area contributed by atoms with E-state index in [0.717, 1.165) is 22.6 Å². The van der Waals surface area contributed by atoms with Gasteiger partial charge < -0.3 is 4.90 Å². The van der Waals surface area contributed by atoms with Crippen LogP contribution in [0.1, 0.15) is 29.7 Å². The lowest BCUT2D eigenvalue weighted by Gasteiger charge is -2.37. The van der Waals surface area contributed by atoms with E-state index in [2.05, 4.69) is 47.7 Å². The Balaban J connectivity index is 2.10. The van der Waals surface area contributed by atoms with Gasteiger partial charge in [-0.15, -0.1) is 0 Å². The molecule has 0 spiro atoms. The largest absolute Gasteiger partial charge is 0.340 e. The van der Waals surface area contributed by atoms with E-state index in [1.54, 1.807) is 0 Å². The summed E-state index contributed by atoms with van der Waals surface area (Å²) in [5, 5.41) is 0. The summed E-state index contributed by atoms with van der Waals surface area (Å²) in [6.45, 7) is 4.14. The maximum atomic E-state index is 11.8. The first-order chi connectivity index (χ1) is 11.1. The second-order valence-electron chi connectivity index (χ2n) is 5.73. The number of aliphatic imine (C=N–C) groups is 1. The molecular weight excluding hydrogens is 288 g/mol. The lowest BCUT2D eigenvalue weighted by Crippen LogP contribution is -2.45. The van der Waals surface area contributed by atoms with Crippen molar-refractivity contribution in [3.63, 3.8) is 0 Å². The number of amidine groups is 1. The molecule has 0 saturated heterocycles. The highest BCUT2D eigenvalue weighted by molar-refractivity contribution is 5.90. The number of nitrogens with one attached hydrogen (secondary N) is 1. The zero-order chi connectivity index (χ0) is 16.4. The van der Waals surface area contributed by atoms with E-state index in [9.17, 15) is 4.79 Å². The zero-order valence-corrected chi connectivity index (χ0v) is 13.3. The Morgan fingerprint density at radius 3 is 2.57 bits per heavy atom. The van der Waals surface area contributed by atoms with Crippen LogP contribution in [-0.2, 0) is 4.79 Å². The SMILES string of the molecule is CC1=Nc2ccccc2[C@H](c2ccc(C)cc2)N1CC(=O)NN. The number of para-hydroxylation sites is 1. The summed E-state index contributed by atoms with van der Waals surface area (Å²) in [4.78, 5) is 18.4. The Bertz CT molecular complexity index is 752. The minimum Gasteiger partial charge on any atom is -0.340 e. The molecule has 0 bridgehead atoms. The first-order valence-electron chi connectivity index (χ1n) is 7.57. The third-order valence-corrected chi connectivity index (χ3v) is 4.11. The van der Waals surface area contributed by atoms with Crippen molar-refractivity contribution in [3.05, 3.63) is 65.2 Å². The first kappa shape index (κ1) is 15.2. The van der Waals surface area contributed by atoms with E-state index in [1.807, 2.05) is 30.0 Å². The summed E-state index contributed by atoms with van der Waals surface area (Å²) in [6, 6.07) is 16.3. The summed E-state index contributed by atoms with van der Waals surface area (Å²) in [5.41, 5.74) is 6.57. The van der Waals surface area contributed by atoms with Crippen molar-refractivity contribution in [1.82, 2.24) is 10.3 Å². The Hall–Kier alpha value is -2.66. The fourth-order valence-electron chi connectivity index (χ4n) is 2.93. The molecule has 1 heterocycles. The summed E-state index contributed by atoms with van der Waals surface area (Å²) < 4.78 is 0. The van der Waals surface area contributed by atoms with Gasteiger partial charge in [0.15, 0.2) is 0 Å². The van der Waals surface area contributed by atoms with Crippen molar-refractivity contribution < 1.29 is 4.79 Å². The number of hydrogen-bond acceptors (Lipinski definition) is 4. The Labute approximate surface area is 135 Å². The van der Waals surface area contributed by atoms with E-state index in [4.69, 9.17) is 5.84 Å². The number of benzene rings is 2. The number of carbonyl (C=O) groups excluding carboxylic acids is 1. The third-order valence-electron chi connectivity index (χ3n) is 4.11. The van der Waals surface area contributed by atoms with E-state index in [1.165, 1.54) is 5.56 Å². The van der Waals surface area contributed by atoms with Crippen molar-refractivity contribution in [2.45, 2.75) is 19.9 Å². The van der Waals surface area contributed by atoms with Gasteiger partial charge in [0.25, 0.3) is 5.91 Å². The molecular formula is C18H20N4O. The molecule has 2 aromatic rings. The molecule has 118 valence electrons. The van der Waals surface area contributed by atoms with Crippen molar-refractivity contribution in [3.8, 4) is 0 Å². The van der Waals surface area contributed by atoms with E-state index in [0.29, 0.717) is 0 Å². The fourth-order valence-corrected chi connectivity index (χ4v) is 2.93. The van der Waals surface area contributed by atoms with Gasteiger partial charge in [0.05, 0.1) is 11.7 Å². The molecule has 5 nitrogen and oxygen atoms in total.